The van der Waals surface area contributed by atoms with Crippen LogP contribution in [0.4, 0.5) is 5.69 Å². The highest BCUT2D eigenvalue weighted by molar-refractivity contribution is 7.80. The molecule has 9 heteroatoms. The van der Waals surface area contributed by atoms with E-state index < -0.39 is 10.8 Å². The lowest BCUT2D eigenvalue weighted by atomic mass is 10.1. The predicted molar refractivity (Wildman–Crippen MR) is 105 cm³/mol. The number of hydrazine groups is 1. The number of nitrogens with one attached hydrogen (secondary N) is 3. The van der Waals surface area contributed by atoms with Crippen molar-refractivity contribution in [3.63, 3.8) is 0 Å². The van der Waals surface area contributed by atoms with Gasteiger partial charge in [-0.05, 0) is 54.5 Å². The second kappa shape index (κ2) is 9.20. The fourth-order valence-corrected chi connectivity index (χ4v) is 2.22. The van der Waals surface area contributed by atoms with Crippen molar-refractivity contribution in [1.29, 1.82) is 0 Å². The lowest BCUT2D eigenvalue weighted by Gasteiger charge is -2.10. The molecule has 2 aromatic carbocycles. The number of carbonyl (C=O) groups is 2. The molecule has 8 nitrogen and oxygen atoms in total. The van der Waals surface area contributed by atoms with Crippen LogP contribution in [0, 0.1) is 17.0 Å². The van der Waals surface area contributed by atoms with Crippen LogP contribution >= 0.6 is 12.2 Å². The van der Waals surface area contributed by atoms with Gasteiger partial charge in [0.05, 0.1) is 4.92 Å². The highest BCUT2D eigenvalue weighted by Crippen LogP contribution is 2.12. The second-order valence-corrected chi connectivity index (χ2v) is 5.80. The Labute approximate surface area is 160 Å². The van der Waals surface area contributed by atoms with E-state index in [1.54, 1.807) is 25.1 Å². The summed E-state index contributed by atoms with van der Waals surface area (Å²) in [6, 6.07) is 12.7. The molecule has 0 spiro atoms. The minimum absolute atomic E-state index is 0.0358. The van der Waals surface area contributed by atoms with Gasteiger partial charge in [0, 0.05) is 23.8 Å². The van der Waals surface area contributed by atoms with Crippen molar-refractivity contribution in [1.82, 2.24) is 16.2 Å². The van der Waals surface area contributed by atoms with Crippen LogP contribution in [0.3, 0.4) is 0 Å². The molecule has 2 amide bonds. The monoisotopic (exact) mass is 384 g/mol. The number of nitrogens with zero attached hydrogens (tertiary/aromatic N) is 1. The lowest BCUT2D eigenvalue weighted by Crippen LogP contribution is -2.48. The first-order chi connectivity index (χ1) is 12.9. The summed E-state index contributed by atoms with van der Waals surface area (Å²) in [6.07, 6.45) is 2.70. The number of aryl methyl sites for hydroxylation is 1. The zero-order chi connectivity index (χ0) is 19.8. The Morgan fingerprint density at radius 1 is 1.07 bits per heavy atom. The van der Waals surface area contributed by atoms with Crippen molar-refractivity contribution in [3.8, 4) is 0 Å². The van der Waals surface area contributed by atoms with Gasteiger partial charge in [-0.25, -0.2) is 0 Å². The summed E-state index contributed by atoms with van der Waals surface area (Å²) < 4.78 is 0. The second-order valence-electron chi connectivity index (χ2n) is 5.39. The van der Waals surface area contributed by atoms with E-state index in [2.05, 4.69) is 16.2 Å². The van der Waals surface area contributed by atoms with Crippen molar-refractivity contribution >= 4 is 40.9 Å². The van der Waals surface area contributed by atoms with Crippen molar-refractivity contribution in [2.45, 2.75) is 6.92 Å². The van der Waals surface area contributed by atoms with Gasteiger partial charge >= 0.3 is 0 Å². The van der Waals surface area contributed by atoms with Crippen LogP contribution in [-0.4, -0.2) is 21.9 Å². The molecule has 0 atom stereocenters. The van der Waals surface area contributed by atoms with Crippen LogP contribution < -0.4 is 16.2 Å². The first-order valence-corrected chi connectivity index (χ1v) is 8.17. The molecule has 138 valence electrons. The smallest absolute Gasteiger partial charge is 0.269 e. The first-order valence-electron chi connectivity index (χ1n) is 7.76. The molecule has 0 radical (unpaired) electrons. The summed E-state index contributed by atoms with van der Waals surface area (Å²) >= 11 is 4.94. The molecule has 27 heavy (non-hydrogen) atoms. The Morgan fingerprint density at radius 3 is 2.37 bits per heavy atom. The van der Waals surface area contributed by atoms with E-state index in [1.807, 2.05) is 6.07 Å². The van der Waals surface area contributed by atoms with Gasteiger partial charge in [0.15, 0.2) is 5.11 Å². The van der Waals surface area contributed by atoms with Crippen LogP contribution in [0.25, 0.3) is 6.08 Å². The van der Waals surface area contributed by atoms with E-state index in [1.165, 1.54) is 36.4 Å². The number of carbonyl (C=O) groups excluding carboxylic acids is 2. The number of non-ortho nitro benzene ring substituents is 1. The number of rotatable bonds is 4. The van der Waals surface area contributed by atoms with Crippen molar-refractivity contribution < 1.29 is 14.5 Å². The molecule has 0 aromatic heterocycles. The molecule has 2 rings (SSSR count). The van der Waals surface area contributed by atoms with E-state index in [4.69, 9.17) is 12.2 Å². The van der Waals surface area contributed by atoms with Gasteiger partial charge in [0.25, 0.3) is 11.6 Å². The molecule has 3 N–H and O–H groups in total. The molecular formula is C18H16N4O4S. The van der Waals surface area contributed by atoms with Crippen LogP contribution in [0.5, 0.6) is 0 Å². The van der Waals surface area contributed by atoms with Crippen LogP contribution in [0.2, 0.25) is 0 Å². The number of benzene rings is 2. The largest absolute Gasteiger partial charge is 0.298 e. The fraction of sp³-hybridized carbons (Fsp3) is 0.0556. The average molecular weight is 384 g/mol. The van der Waals surface area contributed by atoms with E-state index in [0.717, 1.165) is 5.56 Å². The molecular weight excluding hydrogens is 368 g/mol. The third-order valence-corrected chi connectivity index (χ3v) is 3.65. The van der Waals surface area contributed by atoms with Gasteiger partial charge in [-0.1, -0.05) is 18.2 Å². The van der Waals surface area contributed by atoms with E-state index in [-0.39, 0.29) is 16.7 Å². The van der Waals surface area contributed by atoms with Gasteiger partial charge in [0.2, 0.25) is 5.91 Å². The molecule has 0 bridgehead atoms. The standard InChI is InChI=1S/C18H16N4O4S/c1-12-4-2-3-5-15(12)17(24)20-21-18(27)19-16(23)11-8-13-6-9-14(10-7-13)22(25)26/h2-11H,1H3,(H,20,24)(H2,19,21,23,27)/b11-8+. The highest BCUT2D eigenvalue weighted by atomic mass is 32.1. The number of hydrogen-bond donors (Lipinski definition) is 3. The number of amides is 2. The summed E-state index contributed by atoms with van der Waals surface area (Å²) in [5, 5.41) is 12.9. The predicted octanol–water partition coefficient (Wildman–Crippen LogP) is 2.25. The maximum atomic E-state index is 12.0. The molecule has 0 heterocycles. The molecule has 0 fully saturated rings. The first kappa shape index (κ1) is 19.7. The summed E-state index contributed by atoms with van der Waals surface area (Å²) in [4.78, 5) is 33.9. The normalized spacial score (nSPS) is 10.3. The topological polar surface area (TPSA) is 113 Å². The molecule has 0 saturated carbocycles. The van der Waals surface area contributed by atoms with Crippen molar-refractivity contribution in [2.75, 3.05) is 0 Å². The van der Waals surface area contributed by atoms with Crippen LogP contribution in [0.1, 0.15) is 21.5 Å². The molecule has 0 saturated heterocycles. The zero-order valence-electron chi connectivity index (χ0n) is 14.3. The van der Waals surface area contributed by atoms with E-state index in [0.29, 0.717) is 11.1 Å². The SMILES string of the molecule is Cc1ccccc1C(=O)NNC(=S)NC(=O)/C=C/c1ccc([N+](=O)[O-])cc1. The Balaban J connectivity index is 1.83. The van der Waals surface area contributed by atoms with Gasteiger partial charge < -0.3 is 0 Å². The highest BCUT2D eigenvalue weighted by Gasteiger charge is 2.08. The quantitative estimate of drug-likeness (QED) is 0.322. The maximum absolute atomic E-state index is 12.0. The molecule has 0 aliphatic rings. The van der Waals surface area contributed by atoms with Gasteiger partial charge in [-0.2, -0.15) is 0 Å². The minimum atomic E-state index is -0.518. The molecule has 0 aliphatic heterocycles. The Morgan fingerprint density at radius 2 is 1.74 bits per heavy atom. The lowest BCUT2D eigenvalue weighted by molar-refractivity contribution is -0.384. The summed E-state index contributed by atoms with van der Waals surface area (Å²) in [6.45, 7) is 1.80. The minimum Gasteiger partial charge on any atom is -0.298 e. The van der Waals surface area contributed by atoms with Gasteiger partial charge in [0.1, 0.15) is 0 Å². The summed E-state index contributed by atoms with van der Waals surface area (Å²) in [5.74, 6) is -0.901. The van der Waals surface area contributed by atoms with E-state index >= 15 is 0 Å². The van der Waals surface area contributed by atoms with Gasteiger partial charge in [-0.3, -0.25) is 35.9 Å². The van der Waals surface area contributed by atoms with Crippen LogP contribution in [-0.2, 0) is 4.79 Å². The average Bonchev–Trinajstić information content (AvgIpc) is 2.65. The molecule has 2 aromatic rings. The fourth-order valence-electron chi connectivity index (χ4n) is 2.07. The van der Waals surface area contributed by atoms with Crippen molar-refractivity contribution in [2.24, 2.45) is 0 Å². The third-order valence-electron chi connectivity index (χ3n) is 3.45. The maximum Gasteiger partial charge on any atom is 0.269 e. The van der Waals surface area contributed by atoms with E-state index in [9.17, 15) is 19.7 Å². The number of thiocarbonyl (C=S) groups is 1. The zero-order valence-corrected chi connectivity index (χ0v) is 15.1. The Hall–Kier alpha value is -3.59. The third kappa shape index (κ3) is 6.01. The van der Waals surface area contributed by atoms with Gasteiger partial charge in [-0.15, -0.1) is 0 Å². The summed E-state index contributed by atoms with van der Waals surface area (Å²) in [7, 11) is 0. The number of nitro benzene ring substituents is 1. The number of nitro groups is 1. The Kier molecular flexibility index (Phi) is 6.73. The Bertz CT molecular complexity index is 910. The summed E-state index contributed by atoms with van der Waals surface area (Å²) in [5.41, 5.74) is 6.72. The number of hydrogen-bond acceptors (Lipinski definition) is 5. The van der Waals surface area contributed by atoms with Crippen LogP contribution in [0.15, 0.2) is 54.6 Å². The van der Waals surface area contributed by atoms with Crippen molar-refractivity contribution in [3.05, 3.63) is 81.4 Å². The molecule has 0 unspecified atom stereocenters. The molecule has 0 aliphatic carbocycles.